The monoisotopic (exact) mass is 1740 g/mol. The van der Waals surface area contributed by atoms with Crippen LogP contribution < -0.4 is 0 Å². The van der Waals surface area contributed by atoms with Gasteiger partial charge in [-0.2, -0.15) is 0 Å². The van der Waals surface area contributed by atoms with Crippen molar-refractivity contribution in [2.45, 2.75) is 342 Å². The van der Waals surface area contributed by atoms with Crippen molar-refractivity contribution in [2.24, 2.45) is 11.8 Å². The molecule has 0 amide bonds. The van der Waals surface area contributed by atoms with E-state index in [4.69, 9.17) is 142 Å². The van der Waals surface area contributed by atoms with Gasteiger partial charge in [0.15, 0.2) is 97.6 Å². The average molecular weight is 1740 g/mol. The summed E-state index contributed by atoms with van der Waals surface area (Å²) in [5, 5.41) is 46.7. The van der Waals surface area contributed by atoms with E-state index in [9.17, 15) is 57.8 Å². The van der Waals surface area contributed by atoms with Crippen molar-refractivity contribution in [1.82, 2.24) is 0 Å². The molecule has 5 N–H and O–H groups in total. The predicted molar refractivity (Wildman–Crippen MR) is 391 cm³/mol. The first-order chi connectivity index (χ1) is 53.6. The molecule has 0 aromatic rings. The number of esters is 5. The minimum atomic E-state index is -2.86. The molecule has 0 aromatic carbocycles. The molecule has 45 heteroatoms. The van der Waals surface area contributed by atoms with Gasteiger partial charge in [0, 0.05) is 73.4 Å². The smallest absolute Gasteiger partial charge is 0.335 e. The SMILES string of the molecule is CC(=O)O[C@H]1O[C@H]2OC(C)(C)OC2[C@H]1C.CC1(C)OC2[C@@H](O[C@H](C(=O)O)[C@@H]2O)O1.CC1(C)OC2[C@@H](O[C@H](CO)[C@@H]2O)O1.CCOP(C)(=O)CO[C@@H]1CC(OC(C)=O)[C@H](OC(C)=O)O1.CCOP(C)(=O)CO[C@@H]1CC2OC(C)(C)O[C@@H]2O1.CCOP(C)(=O)CO[C@H]1O[C@H]2OC(C)(C)OC2[C@H]1O.CC[C@H]1O[C@@H](OC(C)=O)C(OC(C)=O)[C@H]1C. The second-order valence-corrected chi connectivity index (χ2v) is 38.7. The molecule has 12 rings (SSSR count). The topological polar surface area (TPSA) is 513 Å². The number of hydrogen-bond acceptors (Lipinski definition) is 41. The van der Waals surface area contributed by atoms with E-state index in [2.05, 4.69) is 0 Å². The van der Waals surface area contributed by atoms with Crippen LogP contribution in [0.5, 0.6) is 0 Å². The predicted octanol–water partition coefficient (Wildman–Crippen LogP) is 5.50. The molecule has 0 aliphatic carbocycles. The van der Waals surface area contributed by atoms with Crippen LogP contribution in [0.2, 0.25) is 0 Å². The molecular weight excluding hydrogens is 1620 g/mol. The van der Waals surface area contributed by atoms with Gasteiger partial charge in [-0.15, -0.1) is 0 Å². The summed E-state index contributed by atoms with van der Waals surface area (Å²) in [6, 6.07) is 0. The zero-order valence-electron chi connectivity index (χ0n) is 70.3. The Bertz CT molecular complexity index is 3300. The molecule has 29 atom stereocenters. The lowest BCUT2D eigenvalue weighted by atomic mass is 9.99. The van der Waals surface area contributed by atoms with Crippen LogP contribution in [0, 0.1) is 11.8 Å². The summed E-state index contributed by atoms with van der Waals surface area (Å²) >= 11 is 0. The van der Waals surface area contributed by atoms with Gasteiger partial charge >= 0.3 is 35.8 Å². The number of carbonyl (C=O) groups excluding carboxylic acids is 5. The van der Waals surface area contributed by atoms with Crippen LogP contribution in [0.25, 0.3) is 0 Å². The number of aliphatic hydroxyl groups is 4. The number of aliphatic carboxylic acids is 1. The van der Waals surface area contributed by atoms with E-state index in [1.165, 1.54) is 47.9 Å². The number of fused-ring (bicyclic) bond motifs is 5. The Morgan fingerprint density at radius 2 is 0.784 bits per heavy atom. The van der Waals surface area contributed by atoms with Crippen LogP contribution in [0.15, 0.2) is 0 Å². The first-order valence-corrected chi connectivity index (χ1v) is 44.9. The van der Waals surface area contributed by atoms with Crippen LogP contribution in [-0.4, -0.2) is 304 Å². The van der Waals surface area contributed by atoms with Crippen molar-refractivity contribution >= 4 is 57.9 Å². The van der Waals surface area contributed by atoms with E-state index in [1.807, 2.05) is 48.5 Å². The maximum Gasteiger partial charge on any atom is 0.335 e. The fourth-order valence-corrected chi connectivity index (χ4v) is 16.4. The lowest BCUT2D eigenvalue weighted by Gasteiger charge is -2.23. The molecule has 674 valence electrons. The Morgan fingerprint density at radius 1 is 0.397 bits per heavy atom. The standard InChI is InChI=1S/C12H21O8P.C11H21O7P.C11H21O6P.C11H18O5.C10H16O5.C8H12O6.C8H14O5/c1-5-17-21(4,15)7-16-11-6-10(18-8(2)13)12(20-11)19-9(3)14;1-5-15-19(4,13)6-14-9-7(12)8-10(16-9)18-11(2,3)17-8;1-5-14-18(4,12)7-13-9-6-8-10(15-9)17-11(2,3)16-8;1-5-9-6(2)10(14-7(3)12)11(16-9)15-8(4)13;1-5-7-9(15-10(3,4)14-7)13-8(5)12-6(2)11;1-8(2)13-5-3(9)4(6(10)11)12-7(5)14-8;1-8(2)12-6-5(10)4(3-9)11-7(6)13-8/h10-12H,5-7H2,1-4H3;7-10,12H,5-6H2,1-4H3;8-10H,5-7H2,1-4H3;6,9-11H,5H2,1-4H3;5,7-9H,1-4H3;3-5,7,9H,1-2H3,(H,10,11);4-7,9-10H,3H2,1-2H3/t10?,11-,12+,21?;7-,8?,9+,10+,19?;8?,9-,10-,18?;6-,9+,10?,11+;5-,7?,8+,9+;3-,4-,5?,7-;4-,5+,6?,7+/m0100101/s1. The summed E-state index contributed by atoms with van der Waals surface area (Å²) in [4.78, 5) is 65.3. The summed E-state index contributed by atoms with van der Waals surface area (Å²) in [6.45, 7) is 40.6. The molecule has 12 heterocycles. The maximum atomic E-state index is 11.9. The van der Waals surface area contributed by atoms with Crippen molar-refractivity contribution < 1.29 is 200 Å². The Hall–Kier alpha value is -3.57. The molecule has 0 aromatic heterocycles. The van der Waals surface area contributed by atoms with Crippen LogP contribution in [-0.2, 0) is 174 Å². The van der Waals surface area contributed by atoms with Crippen molar-refractivity contribution in [3.63, 3.8) is 0 Å². The Kier molecular flexibility index (Phi) is 37.2. The molecule has 10 unspecified atom stereocenters. The van der Waals surface area contributed by atoms with Crippen LogP contribution in [0.4, 0.5) is 0 Å². The lowest BCUT2D eigenvalue weighted by molar-refractivity contribution is -0.257. The fourth-order valence-electron chi connectivity index (χ4n) is 13.3. The van der Waals surface area contributed by atoms with Crippen molar-refractivity contribution in [3.05, 3.63) is 0 Å². The van der Waals surface area contributed by atoms with Gasteiger partial charge in [0.1, 0.15) is 74.0 Å². The maximum absolute atomic E-state index is 11.9. The minimum absolute atomic E-state index is 0.0133. The third kappa shape index (κ3) is 30.4. The first kappa shape index (κ1) is 101. The third-order valence-electron chi connectivity index (χ3n) is 17.9. The van der Waals surface area contributed by atoms with E-state index in [0.717, 1.165) is 6.42 Å². The molecular formula is C71H123O42P3. The molecule has 12 aliphatic rings. The van der Waals surface area contributed by atoms with Crippen LogP contribution in [0.1, 0.15) is 165 Å². The quantitative estimate of drug-likeness (QED) is 0.0479. The average Bonchev–Trinajstić information content (AvgIpc) is 1.64. The van der Waals surface area contributed by atoms with Gasteiger partial charge < -0.3 is 158 Å². The number of rotatable bonds is 23. The largest absolute Gasteiger partial charge is 0.479 e. The summed E-state index contributed by atoms with van der Waals surface area (Å²) in [7, 11) is -8.36. The van der Waals surface area contributed by atoms with E-state index >= 15 is 0 Å². The highest BCUT2D eigenvalue weighted by molar-refractivity contribution is 7.58. The van der Waals surface area contributed by atoms with Gasteiger partial charge in [0.05, 0.1) is 38.4 Å². The lowest BCUT2D eigenvalue weighted by Crippen LogP contribution is -2.38. The van der Waals surface area contributed by atoms with Gasteiger partial charge in [-0.1, -0.05) is 20.8 Å². The third-order valence-corrected chi connectivity index (χ3v) is 22.2. The molecule has 12 fully saturated rings. The van der Waals surface area contributed by atoms with E-state index in [1.54, 1.807) is 69.0 Å². The summed E-state index contributed by atoms with van der Waals surface area (Å²) in [5.41, 5.74) is 0. The highest BCUT2D eigenvalue weighted by atomic mass is 31.2. The normalized spacial score (nSPS) is 38.4. The van der Waals surface area contributed by atoms with Gasteiger partial charge in [0.25, 0.3) is 0 Å². The molecule has 0 spiro atoms. The Labute approximate surface area is 674 Å². The molecule has 0 bridgehead atoms. The van der Waals surface area contributed by atoms with Gasteiger partial charge in [-0.3, -0.25) is 37.7 Å². The highest BCUT2D eigenvalue weighted by Crippen LogP contribution is 2.48. The number of carboxylic acid groups (broad SMARTS) is 1. The van der Waals surface area contributed by atoms with Crippen molar-refractivity contribution in [2.75, 3.05) is 65.5 Å². The van der Waals surface area contributed by atoms with E-state index in [-0.39, 0.29) is 68.2 Å². The fraction of sp³-hybridized carbons (Fsp3) is 0.915. The summed E-state index contributed by atoms with van der Waals surface area (Å²) in [5.74, 6) is -7.02. The number of carboxylic acids is 1. The summed E-state index contributed by atoms with van der Waals surface area (Å²) < 4.78 is 184. The number of aliphatic hydroxyl groups excluding tert-OH is 4. The Balaban J connectivity index is 0.000000211. The van der Waals surface area contributed by atoms with Crippen molar-refractivity contribution in [3.8, 4) is 0 Å². The van der Waals surface area contributed by atoms with E-state index in [0.29, 0.717) is 26.2 Å². The van der Waals surface area contributed by atoms with Crippen LogP contribution in [0.3, 0.4) is 0 Å². The highest BCUT2D eigenvalue weighted by Gasteiger charge is 2.60. The molecule has 12 aliphatic heterocycles. The zero-order valence-corrected chi connectivity index (χ0v) is 72.9. The summed E-state index contributed by atoms with van der Waals surface area (Å²) in [6.07, 6.45) is -14.2. The van der Waals surface area contributed by atoms with Crippen molar-refractivity contribution in [1.29, 1.82) is 0 Å². The van der Waals surface area contributed by atoms with Gasteiger partial charge in [0.2, 0.25) is 41.0 Å². The van der Waals surface area contributed by atoms with Gasteiger partial charge in [-0.25, -0.2) is 4.79 Å². The zero-order chi connectivity index (χ0) is 87.3. The molecule has 0 saturated carbocycles. The van der Waals surface area contributed by atoms with Gasteiger partial charge in [-0.05, 0) is 96.4 Å². The number of carbonyl (C=O) groups is 6. The Morgan fingerprint density at radius 3 is 1.20 bits per heavy atom. The number of hydrogen-bond donors (Lipinski definition) is 5. The molecule has 12 saturated heterocycles. The minimum Gasteiger partial charge on any atom is -0.479 e. The molecule has 116 heavy (non-hydrogen) atoms. The van der Waals surface area contributed by atoms with E-state index < -0.39 is 211 Å². The second kappa shape index (κ2) is 42.7. The number of ether oxygens (including phenoxy) is 25. The van der Waals surface area contributed by atoms with Crippen LogP contribution >= 0.6 is 22.1 Å². The first-order valence-electron chi connectivity index (χ1n) is 38.1. The molecule has 0 radical (unpaired) electrons. The molecule has 42 nitrogen and oxygen atoms in total. The second-order valence-electron chi connectivity index (χ2n) is 31.0.